The molecule has 70 valence electrons. The standard InChI is InChI=1S/C8H17N3O/c1-8(7-9-12)11-5-3-10(2)4-6-11/h7,9,12H,3-6H2,1-2H3. The molecule has 0 amide bonds. The molecule has 4 heteroatoms. The quantitative estimate of drug-likeness (QED) is 0.577. The number of allylic oxidation sites excluding steroid dienone is 1. The summed E-state index contributed by atoms with van der Waals surface area (Å²) < 4.78 is 0. The van der Waals surface area contributed by atoms with Crippen molar-refractivity contribution in [1.29, 1.82) is 0 Å². The van der Waals surface area contributed by atoms with E-state index in [-0.39, 0.29) is 0 Å². The van der Waals surface area contributed by atoms with E-state index in [1.54, 1.807) is 6.20 Å². The van der Waals surface area contributed by atoms with Gasteiger partial charge in [-0.25, -0.2) is 0 Å². The van der Waals surface area contributed by atoms with Crippen LogP contribution in [0.3, 0.4) is 0 Å². The number of hydrogen-bond donors (Lipinski definition) is 2. The second-order valence-electron chi connectivity index (χ2n) is 3.21. The van der Waals surface area contributed by atoms with E-state index in [1.807, 2.05) is 6.92 Å². The van der Waals surface area contributed by atoms with Gasteiger partial charge < -0.3 is 9.80 Å². The predicted octanol–water partition coefficient (Wildman–Crippen LogP) is 0.0739. The third-order valence-electron chi connectivity index (χ3n) is 2.28. The topological polar surface area (TPSA) is 38.7 Å². The molecule has 0 aromatic heterocycles. The van der Waals surface area contributed by atoms with Gasteiger partial charge in [0.1, 0.15) is 0 Å². The Bertz CT molecular complexity index is 162. The zero-order chi connectivity index (χ0) is 8.97. The minimum Gasteiger partial charge on any atom is -0.371 e. The monoisotopic (exact) mass is 171 g/mol. The van der Waals surface area contributed by atoms with Crippen molar-refractivity contribution in [2.75, 3.05) is 33.2 Å². The maximum absolute atomic E-state index is 8.46. The van der Waals surface area contributed by atoms with Crippen molar-refractivity contribution in [3.8, 4) is 0 Å². The molecule has 1 saturated heterocycles. The summed E-state index contributed by atoms with van der Waals surface area (Å²) in [5, 5.41) is 8.46. The predicted molar refractivity (Wildman–Crippen MR) is 47.7 cm³/mol. The number of hydrogen-bond acceptors (Lipinski definition) is 4. The first-order valence-corrected chi connectivity index (χ1v) is 4.24. The van der Waals surface area contributed by atoms with Crippen molar-refractivity contribution < 1.29 is 5.21 Å². The van der Waals surface area contributed by atoms with Crippen molar-refractivity contribution in [3.63, 3.8) is 0 Å². The third-order valence-corrected chi connectivity index (χ3v) is 2.28. The molecule has 1 heterocycles. The van der Waals surface area contributed by atoms with Crippen molar-refractivity contribution in [3.05, 3.63) is 11.9 Å². The highest BCUT2D eigenvalue weighted by Gasteiger charge is 2.12. The largest absolute Gasteiger partial charge is 0.371 e. The van der Waals surface area contributed by atoms with Crippen molar-refractivity contribution in [2.45, 2.75) is 6.92 Å². The van der Waals surface area contributed by atoms with Gasteiger partial charge in [0.25, 0.3) is 0 Å². The van der Waals surface area contributed by atoms with Crippen LogP contribution >= 0.6 is 0 Å². The molecule has 12 heavy (non-hydrogen) atoms. The van der Waals surface area contributed by atoms with E-state index < -0.39 is 0 Å². The van der Waals surface area contributed by atoms with Gasteiger partial charge in [0.05, 0.1) is 0 Å². The van der Waals surface area contributed by atoms with E-state index in [0.29, 0.717) is 0 Å². The summed E-state index contributed by atoms with van der Waals surface area (Å²) in [5.74, 6) is 0. The van der Waals surface area contributed by atoms with Gasteiger partial charge in [-0.3, -0.25) is 10.7 Å². The van der Waals surface area contributed by atoms with Crippen LogP contribution in [0.2, 0.25) is 0 Å². The number of nitrogens with zero attached hydrogens (tertiary/aromatic N) is 2. The lowest BCUT2D eigenvalue weighted by atomic mass is 10.3. The van der Waals surface area contributed by atoms with Crippen LogP contribution in [0.4, 0.5) is 0 Å². The lowest BCUT2D eigenvalue weighted by Gasteiger charge is -2.34. The first-order valence-electron chi connectivity index (χ1n) is 4.24. The van der Waals surface area contributed by atoms with Crippen LogP contribution < -0.4 is 5.48 Å². The molecule has 0 bridgehead atoms. The minimum atomic E-state index is 1.04. The summed E-state index contributed by atoms with van der Waals surface area (Å²) in [7, 11) is 2.13. The normalized spacial score (nSPS) is 21.2. The smallest absolute Gasteiger partial charge is 0.0429 e. The highest BCUT2D eigenvalue weighted by molar-refractivity contribution is 4.96. The summed E-state index contributed by atoms with van der Waals surface area (Å²) in [4.78, 5) is 4.55. The summed E-state index contributed by atoms with van der Waals surface area (Å²) in [6.45, 7) is 6.27. The summed E-state index contributed by atoms with van der Waals surface area (Å²) in [6, 6.07) is 0. The number of nitrogens with one attached hydrogen (secondary N) is 1. The first-order chi connectivity index (χ1) is 5.74. The van der Waals surface area contributed by atoms with Gasteiger partial charge in [0, 0.05) is 38.1 Å². The molecular weight excluding hydrogens is 154 g/mol. The molecule has 0 saturated carbocycles. The Kier molecular flexibility index (Phi) is 3.37. The average molecular weight is 171 g/mol. The molecule has 0 spiro atoms. The molecule has 1 aliphatic rings. The third kappa shape index (κ3) is 2.39. The molecule has 0 atom stereocenters. The van der Waals surface area contributed by atoms with Crippen molar-refractivity contribution in [1.82, 2.24) is 15.3 Å². The number of likely N-dealkylation sites (N-methyl/N-ethyl adjacent to an activating group) is 1. The fourth-order valence-electron chi connectivity index (χ4n) is 1.34. The molecule has 1 aliphatic heterocycles. The molecular formula is C8H17N3O. The molecule has 1 fully saturated rings. The van der Waals surface area contributed by atoms with Gasteiger partial charge in [-0.1, -0.05) is 0 Å². The van der Waals surface area contributed by atoms with Crippen LogP contribution in [0, 0.1) is 0 Å². The van der Waals surface area contributed by atoms with Gasteiger partial charge in [-0.2, -0.15) is 0 Å². The minimum absolute atomic E-state index is 1.04. The Labute approximate surface area is 73.4 Å². The maximum Gasteiger partial charge on any atom is 0.0429 e. The van der Waals surface area contributed by atoms with Crippen molar-refractivity contribution >= 4 is 0 Å². The van der Waals surface area contributed by atoms with E-state index in [2.05, 4.69) is 22.3 Å². The first kappa shape index (κ1) is 9.35. The van der Waals surface area contributed by atoms with Crippen molar-refractivity contribution in [2.24, 2.45) is 0 Å². The zero-order valence-electron chi connectivity index (χ0n) is 7.75. The Balaban J connectivity index is 2.39. The van der Waals surface area contributed by atoms with Crippen LogP contribution in [0.1, 0.15) is 6.92 Å². The van der Waals surface area contributed by atoms with Crippen LogP contribution in [0.25, 0.3) is 0 Å². The molecule has 4 nitrogen and oxygen atoms in total. The SMILES string of the molecule is CC(=CNO)N1CCN(C)CC1. The fraction of sp³-hybridized carbons (Fsp3) is 0.750. The second kappa shape index (κ2) is 4.33. The lowest BCUT2D eigenvalue weighted by molar-refractivity contribution is 0.176. The van der Waals surface area contributed by atoms with E-state index in [4.69, 9.17) is 5.21 Å². The average Bonchev–Trinajstić information content (AvgIpc) is 2.06. The summed E-state index contributed by atoms with van der Waals surface area (Å²) >= 11 is 0. The van der Waals surface area contributed by atoms with Gasteiger partial charge in [-0.05, 0) is 14.0 Å². The van der Waals surface area contributed by atoms with Gasteiger partial charge in [0.15, 0.2) is 0 Å². The van der Waals surface area contributed by atoms with E-state index in [0.717, 1.165) is 31.9 Å². The highest BCUT2D eigenvalue weighted by Crippen LogP contribution is 2.06. The van der Waals surface area contributed by atoms with Gasteiger partial charge in [0.2, 0.25) is 0 Å². The van der Waals surface area contributed by atoms with Crippen LogP contribution in [0.5, 0.6) is 0 Å². The Morgan fingerprint density at radius 2 is 1.92 bits per heavy atom. The fourth-order valence-corrected chi connectivity index (χ4v) is 1.34. The molecule has 2 N–H and O–H groups in total. The Morgan fingerprint density at radius 3 is 2.42 bits per heavy atom. The number of rotatable bonds is 2. The molecule has 0 radical (unpaired) electrons. The van der Waals surface area contributed by atoms with Gasteiger partial charge >= 0.3 is 0 Å². The Morgan fingerprint density at radius 1 is 1.33 bits per heavy atom. The van der Waals surface area contributed by atoms with E-state index in [9.17, 15) is 0 Å². The lowest BCUT2D eigenvalue weighted by Crippen LogP contribution is -2.43. The number of hydroxylamine groups is 1. The second-order valence-corrected chi connectivity index (χ2v) is 3.21. The van der Waals surface area contributed by atoms with Crippen LogP contribution in [-0.4, -0.2) is 48.2 Å². The summed E-state index contributed by atoms with van der Waals surface area (Å²) in [6.07, 6.45) is 1.62. The Hall–Kier alpha value is -0.740. The summed E-state index contributed by atoms with van der Waals surface area (Å²) in [5.41, 5.74) is 3.15. The van der Waals surface area contributed by atoms with Crippen LogP contribution in [0.15, 0.2) is 11.9 Å². The van der Waals surface area contributed by atoms with Gasteiger partial charge in [-0.15, -0.1) is 0 Å². The van der Waals surface area contributed by atoms with Crippen LogP contribution in [-0.2, 0) is 0 Å². The molecule has 0 aromatic carbocycles. The van der Waals surface area contributed by atoms with E-state index in [1.165, 1.54) is 0 Å². The molecule has 0 aliphatic carbocycles. The van der Waals surface area contributed by atoms with E-state index >= 15 is 0 Å². The maximum atomic E-state index is 8.46. The molecule has 1 rings (SSSR count). The molecule has 0 aromatic rings. The number of piperazine rings is 1. The zero-order valence-corrected chi connectivity index (χ0v) is 7.75. The highest BCUT2D eigenvalue weighted by atomic mass is 16.5. The molecule has 0 unspecified atom stereocenters.